The van der Waals surface area contributed by atoms with Gasteiger partial charge in [0.15, 0.2) is 0 Å². The molecule has 0 aliphatic heterocycles. The molecule has 0 spiro atoms. The van der Waals surface area contributed by atoms with Gasteiger partial charge < -0.3 is 0 Å². The molecule has 1 rings (SSSR count). The quantitative estimate of drug-likeness (QED) is 0.523. The summed E-state index contributed by atoms with van der Waals surface area (Å²) in [4.78, 5) is 0. The topological polar surface area (TPSA) is 0 Å². The average molecular weight is 232 g/mol. The van der Waals surface area contributed by atoms with Crippen LogP contribution in [-0.4, -0.2) is 0 Å². The molecule has 96 valence electrons. The van der Waals surface area contributed by atoms with Crippen molar-refractivity contribution in [3.63, 3.8) is 0 Å². The summed E-state index contributed by atoms with van der Waals surface area (Å²) in [6.07, 6.45) is 17.0. The normalized spacial score (nSPS) is 14.2. The smallest absolute Gasteiger partial charge is 0.0191 e. The zero-order valence-electron chi connectivity index (χ0n) is 12.2. The summed E-state index contributed by atoms with van der Waals surface area (Å²) in [5.41, 5.74) is 2.55. The Hall–Kier alpha value is -1.30. The highest BCUT2D eigenvalue weighted by molar-refractivity contribution is 5.48. The fourth-order valence-corrected chi connectivity index (χ4v) is 1.38. The van der Waals surface area contributed by atoms with Crippen LogP contribution >= 0.6 is 0 Å². The van der Waals surface area contributed by atoms with Crippen LogP contribution in [0.2, 0.25) is 0 Å². The average Bonchev–Trinajstić information content (AvgIpc) is 2.44. The summed E-state index contributed by atoms with van der Waals surface area (Å²) in [5, 5.41) is 0. The van der Waals surface area contributed by atoms with Gasteiger partial charge >= 0.3 is 0 Å². The van der Waals surface area contributed by atoms with Crippen molar-refractivity contribution in [1.29, 1.82) is 0 Å². The molecule has 0 heteroatoms. The van der Waals surface area contributed by atoms with Crippen LogP contribution in [-0.2, 0) is 0 Å². The Morgan fingerprint density at radius 3 is 2.24 bits per heavy atom. The van der Waals surface area contributed by atoms with E-state index in [2.05, 4.69) is 37.0 Å². The summed E-state index contributed by atoms with van der Waals surface area (Å²) >= 11 is 0. The van der Waals surface area contributed by atoms with Crippen LogP contribution < -0.4 is 0 Å². The van der Waals surface area contributed by atoms with Crippen molar-refractivity contribution in [2.75, 3.05) is 0 Å². The molecule has 0 aromatic carbocycles. The predicted molar refractivity (Wildman–Crippen MR) is 82.2 cm³/mol. The molecule has 0 radical (unpaired) electrons. The lowest BCUT2D eigenvalue weighted by molar-refractivity contribution is 1.02. The minimum atomic E-state index is 1.15. The molecular formula is C17H28. The molecule has 0 unspecified atom stereocenters. The van der Waals surface area contributed by atoms with Gasteiger partial charge in [-0.3, -0.25) is 0 Å². The Balaban J connectivity index is 0. The third kappa shape index (κ3) is 8.50. The van der Waals surface area contributed by atoms with Crippen molar-refractivity contribution >= 4 is 0 Å². The van der Waals surface area contributed by atoms with E-state index in [0.29, 0.717) is 0 Å². The summed E-state index contributed by atoms with van der Waals surface area (Å²) in [6.45, 7) is 13.7. The zero-order chi connectivity index (χ0) is 13.5. The number of hydrogen-bond acceptors (Lipinski definition) is 0. The van der Waals surface area contributed by atoms with Gasteiger partial charge in [-0.05, 0) is 30.9 Å². The van der Waals surface area contributed by atoms with Gasteiger partial charge in [-0.1, -0.05) is 76.8 Å². The first kappa shape index (κ1) is 18.1. The van der Waals surface area contributed by atoms with E-state index in [1.54, 1.807) is 0 Å². The predicted octanol–water partition coefficient (Wildman–Crippen LogP) is 6.00. The molecule has 0 saturated carbocycles. The second-order valence-electron chi connectivity index (χ2n) is 3.00. The first-order valence-corrected chi connectivity index (χ1v) is 6.71. The molecule has 1 aliphatic carbocycles. The highest BCUT2D eigenvalue weighted by Gasteiger charge is 1.99. The van der Waals surface area contributed by atoms with Gasteiger partial charge in [0.05, 0.1) is 0 Å². The maximum Gasteiger partial charge on any atom is -0.0191 e. The van der Waals surface area contributed by atoms with E-state index in [1.807, 2.05) is 46.8 Å². The molecule has 0 heterocycles. The summed E-state index contributed by atoms with van der Waals surface area (Å²) in [5.74, 6) is 0. The molecule has 0 bridgehead atoms. The van der Waals surface area contributed by atoms with Gasteiger partial charge in [0.1, 0.15) is 0 Å². The molecule has 0 aromatic rings. The van der Waals surface area contributed by atoms with Crippen LogP contribution in [0.25, 0.3) is 0 Å². The van der Waals surface area contributed by atoms with E-state index in [0.717, 1.165) is 6.42 Å². The minimum absolute atomic E-state index is 1.15. The van der Waals surface area contributed by atoms with E-state index in [-0.39, 0.29) is 0 Å². The van der Waals surface area contributed by atoms with Crippen molar-refractivity contribution in [3.05, 3.63) is 60.3 Å². The first-order chi connectivity index (χ1) is 8.38. The van der Waals surface area contributed by atoms with Crippen molar-refractivity contribution in [1.82, 2.24) is 0 Å². The molecule has 0 amide bonds. The molecular weight excluding hydrogens is 204 g/mol. The molecule has 1 aliphatic rings. The van der Waals surface area contributed by atoms with Gasteiger partial charge in [-0.25, -0.2) is 0 Å². The van der Waals surface area contributed by atoms with E-state index >= 15 is 0 Å². The van der Waals surface area contributed by atoms with Crippen LogP contribution in [0.3, 0.4) is 0 Å². The molecule has 0 nitrogen and oxygen atoms in total. The monoisotopic (exact) mass is 232 g/mol. The fraction of sp³-hybridized carbons (Fsp3) is 0.412. The summed E-state index contributed by atoms with van der Waals surface area (Å²) < 4.78 is 0. The van der Waals surface area contributed by atoms with Crippen molar-refractivity contribution in [3.8, 4) is 0 Å². The minimum Gasteiger partial charge on any atom is -0.0990 e. The number of allylic oxidation sites excluding steroid dienone is 9. The lowest BCUT2D eigenvalue weighted by Gasteiger charge is -2.07. The van der Waals surface area contributed by atoms with Crippen LogP contribution in [0.1, 0.15) is 47.5 Å². The van der Waals surface area contributed by atoms with E-state index in [4.69, 9.17) is 0 Å². The summed E-state index contributed by atoms with van der Waals surface area (Å²) in [6, 6.07) is 0. The standard InChI is InChI=1S/C13H16.2C2H6/c1-3-8-12(9-4-2)13-10-6-5-7-11-13;2*1-2/h3-4,6,8-11H,1,5,7H2,2H3;2*1-2H3/b9-4-,12-8+;;. The second kappa shape index (κ2) is 14.7. The Labute approximate surface area is 108 Å². The summed E-state index contributed by atoms with van der Waals surface area (Å²) in [7, 11) is 0. The Bertz CT molecular complexity index is 285. The fourth-order valence-electron chi connectivity index (χ4n) is 1.38. The largest absolute Gasteiger partial charge is 0.0990 e. The second-order valence-corrected chi connectivity index (χ2v) is 3.00. The van der Waals surface area contributed by atoms with Crippen LogP contribution in [0, 0.1) is 0 Å². The molecule has 0 saturated heterocycles. The van der Waals surface area contributed by atoms with E-state index < -0.39 is 0 Å². The first-order valence-electron chi connectivity index (χ1n) is 6.71. The molecule has 0 atom stereocenters. The van der Waals surface area contributed by atoms with Crippen LogP contribution in [0.15, 0.2) is 60.3 Å². The van der Waals surface area contributed by atoms with Crippen LogP contribution in [0.5, 0.6) is 0 Å². The Morgan fingerprint density at radius 1 is 1.18 bits per heavy atom. The van der Waals surface area contributed by atoms with E-state index in [1.165, 1.54) is 17.6 Å². The van der Waals surface area contributed by atoms with Gasteiger partial charge in [0.25, 0.3) is 0 Å². The number of rotatable bonds is 3. The Morgan fingerprint density at radius 2 is 1.82 bits per heavy atom. The van der Waals surface area contributed by atoms with E-state index in [9.17, 15) is 0 Å². The highest BCUT2D eigenvalue weighted by atomic mass is 14.0. The molecule has 0 aromatic heterocycles. The maximum absolute atomic E-state index is 3.72. The SMILES string of the molecule is C=C/C=C(\C=C/C)C1=CCCC=C1.CC.CC. The van der Waals surface area contributed by atoms with Crippen LogP contribution in [0.4, 0.5) is 0 Å². The lowest BCUT2D eigenvalue weighted by Crippen LogP contribution is -1.87. The zero-order valence-corrected chi connectivity index (χ0v) is 12.2. The third-order valence-corrected chi connectivity index (χ3v) is 1.97. The molecule has 0 N–H and O–H groups in total. The molecule has 17 heavy (non-hydrogen) atoms. The Kier molecular flexibility index (Phi) is 15.6. The van der Waals surface area contributed by atoms with Crippen molar-refractivity contribution in [2.45, 2.75) is 47.5 Å². The lowest BCUT2D eigenvalue weighted by atomic mass is 9.99. The van der Waals surface area contributed by atoms with Crippen molar-refractivity contribution in [2.24, 2.45) is 0 Å². The van der Waals surface area contributed by atoms with Gasteiger partial charge in [-0.15, -0.1) is 0 Å². The van der Waals surface area contributed by atoms with Gasteiger partial charge in [0.2, 0.25) is 0 Å². The third-order valence-electron chi connectivity index (χ3n) is 1.97. The number of hydrogen-bond donors (Lipinski definition) is 0. The maximum atomic E-state index is 3.72. The highest BCUT2D eigenvalue weighted by Crippen LogP contribution is 2.19. The van der Waals surface area contributed by atoms with Gasteiger partial charge in [0, 0.05) is 0 Å². The van der Waals surface area contributed by atoms with Crippen molar-refractivity contribution < 1.29 is 0 Å². The molecule has 0 fully saturated rings. The van der Waals surface area contributed by atoms with Gasteiger partial charge in [-0.2, -0.15) is 0 Å².